The molecule has 5 heteroatoms. The molecular formula is C15H15N5. The fourth-order valence-corrected chi connectivity index (χ4v) is 2.02. The Kier molecular flexibility index (Phi) is 3.16. The van der Waals surface area contributed by atoms with Crippen molar-refractivity contribution in [3.63, 3.8) is 0 Å². The van der Waals surface area contributed by atoms with E-state index in [0.29, 0.717) is 5.95 Å². The summed E-state index contributed by atoms with van der Waals surface area (Å²) in [7, 11) is 0. The molecule has 1 aromatic carbocycles. The summed E-state index contributed by atoms with van der Waals surface area (Å²) in [5.74, 6) is 2.26. The first-order valence-corrected chi connectivity index (χ1v) is 6.39. The molecule has 1 N–H and O–H groups in total. The Morgan fingerprint density at radius 2 is 1.95 bits per heavy atom. The van der Waals surface area contributed by atoms with Crippen molar-refractivity contribution in [1.29, 1.82) is 0 Å². The zero-order chi connectivity index (χ0) is 13.9. The van der Waals surface area contributed by atoms with Crippen molar-refractivity contribution < 1.29 is 0 Å². The fourth-order valence-electron chi connectivity index (χ4n) is 2.02. The van der Waals surface area contributed by atoms with E-state index in [9.17, 15) is 0 Å². The van der Waals surface area contributed by atoms with Gasteiger partial charge in [0.05, 0.1) is 0 Å². The number of aryl methyl sites for hydroxylation is 2. The molecule has 0 radical (unpaired) electrons. The van der Waals surface area contributed by atoms with Crippen molar-refractivity contribution >= 4 is 11.6 Å². The number of hydrogen-bond acceptors (Lipinski definition) is 4. The quantitative estimate of drug-likeness (QED) is 0.791. The predicted octanol–water partition coefficient (Wildman–Crippen LogP) is 3.02. The maximum absolute atomic E-state index is 4.50. The largest absolute Gasteiger partial charge is 0.324 e. The highest BCUT2D eigenvalue weighted by atomic mass is 15.2. The van der Waals surface area contributed by atoms with Gasteiger partial charge in [0, 0.05) is 24.3 Å². The molecule has 0 saturated heterocycles. The molecule has 0 aliphatic carbocycles. The third-order valence-electron chi connectivity index (χ3n) is 2.99. The number of imidazole rings is 1. The maximum atomic E-state index is 4.50. The van der Waals surface area contributed by atoms with Crippen molar-refractivity contribution in [3.8, 4) is 5.82 Å². The minimum Gasteiger partial charge on any atom is -0.324 e. The van der Waals surface area contributed by atoms with E-state index in [-0.39, 0.29) is 0 Å². The van der Waals surface area contributed by atoms with E-state index >= 15 is 0 Å². The topological polar surface area (TPSA) is 55.6 Å². The predicted molar refractivity (Wildman–Crippen MR) is 78.4 cm³/mol. The summed E-state index contributed by atoms with van der Waals surface area (Å²) in [4.78, 5) is 13.0. The summed E-state index contributed by atoms with van der Waals surface area (Å²) in [6.07, 6.45) is 5.37. The fraction of sp³-hybridized carbons (Fsp3) is 0.133. The summed E-state index contributed by atoms with van der Waals surface area (Å²) in [5.41, 5.74) is 2.17. The van der Waals surface area contributed by atoms with Crippen LogP contribution in [0.25, 0.3) is 5.82 Å². The van der Waals surface area contributed by atoms with Crippen molar-refractivity contribution in [2.75, 3.05) is 5.32 Å². The number of hydrogen-bond donors (Lipinski definition) is 1. The Morgan fingerprint density at radius 1 is 1.05 bits per heavy atom. The number of nitrogens with zero attached hydrogens (tertiary/aromatic N) is 4. The van der Waals surface area contributed by atoms with Crippen LogP contribution in [0.3, 0.4) is 0 Å². The Labute approximate surface area is 117 Å². The monoisotopic (exact) mass is 265 g/mol. The van der Waals surface area contributed by atoms with Gasteiger partial charge in [0.15, 0.2) is 0 Å². The van der Waals surface area contributed by atoms with Gasteiger partial charge in [-0.05, 0) is 37.6 Å². The van der Waals surface area contributed by atoms with E-state index in [1.165, 1.54) is 5.56 Å². The maximum Gasteiger partial charge on any atom is 0.229 e. The average molecular weight is 265 g/mol. The Hall–Kier alpha value is -2.69. The lowest BCUT2D eigenvalue weighted by Gasteiger charge is -2.08. The Balaban J connectivity index is 1.90. The van der Waals surface area contributed by atoms with Crippen molar-refractivity contribution in [1.82, 2.24) is 19.5 Å². The Morgan fingerprint density at radius 3 is 2.70 bits per heavy atom. The number of rotatable bonds is 3. The minimum absolute atomic E-state index is 0.571. The number of benzene rings is 1. The number of aromatic nitrogens is 4. The summed E-state index contributed by atoms with van der Waals surface area (Å²) >= 11 is 0. The van der Waals surface area contributed by atoms with E-state index in [1.807, 2.05) is 35.9 Å². The van der Waals surface area contributed by atoms with Crippen LogP contribution < -0.4 is 5.32 Å². The molecular weight excluding hydrogens is 250 g/mol. The molecule has 0 fully saturated rings. The number of anilines is 2. The SMILES string of the molecule is Cc1cccc(Nc2nccc(-n3ccnc3C)n2)c1. The molecule has 20 heavy (non-hydrogen) atoms. The van der Waals surface area contributed by atoms with Gasteiger partial charge in [-0.1, -0.05) is 12.1 Å². The molecule has 0 bridgehead atoms. The van der Waals surface area contributed by atoms with Crippen molar-refractivity contribution in [3.05, 3.63) is 60.3 Å². The van der Waals surface area contributed by atoms with Gasteiger partial charge in [0.1, 0.15) is 11.6 Å². The molecule has 100 valence electrons. The van der Waals surface area contributed by atoms with Crippen LogP contribution in [-0.4, -0.2) is 19.5 Å². The lowest BCUT2D eigenvalue weighted by molar-refractivity contribution is 0.923. The van der Waals surface area contributed by atoms with E-state index in [1.54, 1.807) is 12.4 Å². The minimum atomic E-state index is 0.571. The highest BCUT2D eigenvalue weighted by molar-refractivity contribution is 5.54. The average Bonchev–Trinajstić information content (AvgIpc) is 2.85. The smallest absolute Gasteiger partial charge is 0.229 e. The Bertz CT molecular complexity index is 732. The second-order valence-electron chi connectivity index (χ2n) is 4.58. The molecule has 0 amide bonds. The summed E-state index contributed by atoms with van der Waals surface area (Å²) in [6, 6.07) is 9.96. The first-order chi connectivity index (χ1) is 9.72. The van der Waals surface area contributed by atoms with Crippen LogP contribution in [0.15, 0.2) is 48.9 Å². The van der Waals surface area contributed by atoms with Crippen LogP contribution in [0.2, 0.25) is 0 Å². The van der Waals surface area contributed by atoms with Gasteiger partial charge in [-0.3, -0.25) is 4.57 Å². The van der Waals surface area contributed by atoms with Crippen LogP contribution in [0.4, 0.5) is 11.6 Å². The number of nitrogens with one attached hydrogen (secondary N) is 1. The second-order valence-corrected chi connectivity index (χ2v) is 4.58. The van der Waals surface area contributed by atoms with Gasteiger partial charge in [0.25, 0.3) is 0 Å². The van der Waals surface area contributed by atoms with Gasteiger partial charge in [0.2, 0.25) is 5.95 Å². The molecule has 0 aliphatic rings. The van der Waals surface area contributed by atoms with Crippen LogP contribution in [-0.2, 0) is 0 Å². The van der Waals surface area contributed by atoms with Crippen molar-refractivity contribution in [2.24, 2.45) is 0 Å². The van der Waals surface area contributed by atoms with Gasteiger partial charge in [-0.15, -0.1) is 0 Å². The molecule has 0 saturated carbocycles. The molecule has 0 aliphatic heterocycles. The van der Waals surface area contributed by atoms with Crippen LogP contribution in [0, 0.1) is 13.8 Å². The zero-order valence-corrected chi connectivity index (χ0v) is 11.4. The highest BCUT2D eigenvalue weighted by Gasteiger charge is 2.04. The molecule has 2 aromatic heterocycles. The van der Waals surface area contributed by atoms with E-state index in [4.69, 9.17) is 0 Å². The summed E-state index contributed by atoms with van der Waals surface area (Å²) < 4.78 is 1.92. The standard InChI is InChI=1S/C15H15N5/c1-11-4-3-5-13(10-11)18-15-17-7-6-14(19-15)20-9-8-16-12(20)2/h3-10H,1-2H3,(H,17,18,19). The third-order valence-corrected chi connectivity index (χ3v) is 2.99. The summed E-state index contributed by atoms with van der Waals surface area (Å²) in [5, 5.41) is 3.21. The molecule has 0 unspecified atom stereocenters. The normalized spacial score (nSPS) is 10.5. The van der Waals surface area contributed by atoms with E-state index in [2.05, 4.69) is 39.3 Å². The van der Waals surface area contributed by atoms with Crippen LogP contribution >= 0.6 is 0 Å². The lowest BCUT2D eigenvalue weighted by atomic mass is 10.2. The molecule has 2 heterocycles. The molecule has 0 atom stereocenters. The van der Waals surface area contributed by atoms with E-state index in [0.717, 1.165) is 17.3 Å². The van der Waals surface area contributed by atoms with Gasteiger partial charge >= 0.3 is 0 Å². The summed E-state index contributed by atoms with van der Waals surface area (Å²) in [6.45, 7) is 3.99. The lowest BCUT2D eigenvalue weighted by Crippen LogP contribution is -2.03. The highest BCUT2D eigenvalue weighted by Crippen LogP contribution is 2.15. The molecule has 0 spiro atoms. The van der Waals surface area contributed by atoms with Crippen LogP contribution in [0.1, 0.15) is 11.4 Å². The molecule has 3 rings (SSSR count). The zero-order valence-electron chi connectivity index (χ0n) is 11.4. The van der Waals surface area contributed by atoms with Crippen molar-refractivity contribution in [2.45, 2.75) is 13.8 Å². The van der Waals surface area contributed by atoms with E-state index < -0.39 is 0 Å². The van der Waals surface area contributed by atoms with Crippen LogP contribution in [0.5, 0.6) is 0 Å². The first kappa shape index (κ1) is 12.3. The third kappa shape index (κ3) is 2.51. The van der Waals surface area contributed by atoms with Gasteiger partial charge in [-0.2, -0.15) is 4.98 Å². The second kappa shape index (κ2) is 5.13. The first-order valence-electron chi connectivity index (χ1n) is 6.39. The van der Waals surface area contributed by atoms with Gasteiger partial charge in [-0.25, -0.2) is 9.97 Å². The molecule has 3 aromatic rings. The molecule has 5 nitrogen and oxygen atoms in total. The van der Waals surface area contributed by atoms with Gasteiger partial charge < -0.3 is 5.32 Å².